The van der Waals surface area contributed by atoms with Crippen molar-refractivity contribution in [3.05, 3.63) is 70.8 Å². The minimum Gasteiger partial charge on any atom is -0.271 e. The van der Waals surface area contributed by atoms with Gasteiger partial charge in [-0.05, 0) is 29.5 Å². The quantitative estimate of drug-likeness (QED) is 0.648. The lowest BCUT2D eigenvalue weighted by Gasteiger charge is -2.18. The van der Waals surface area contributed by atoms with Crippen LogP contribution < -0.4 is 11.3 Å². The fourth-order valence-electron chi connectivity index (χ4n) is 2.32. The summed E-state index contributed by atoms with van der Waals surface area (Å²) in [5, 5.41) is 0. The Morgan fingerprint density at radius 1 is 1.05 bits per heavy atom. The van der Waals surface area contributed by atoms with Gasteiger partial charge in [0.05, 0.1) is 6.04 Å². The Morgan fingerprint density at radius 2 is 1.71 bits per heavy atom. The van der Waals surface area contributed by atoms with Crippen molar-refractivity contribution in [1.29, 1.82) is 0 Å². The van der Waals surface area contributed by atoms with Crippen molar-refractivity contribution in [2.24, 2.45) is 5.84 Å². The third-order valence-corrected chi connectivity index (χ3v) is 3.64. The fraction of sp³-hybridized carbons (Fsp3) is 0.294. The van der Waals surface area contributed by atoms with Gasteiger partial charge in [0, 0.05) is 5.56 Å². The van der Waals surface area contributed by atoms with Crippen LogP contribution in [0.15, 0.2) is 42.5 Å². The number of hydrazine groups is 1. The summed E-state index contributed by atoms with van der Waals surface area (Å²) in [5.41, 5.74) is 5.07. The van der Waals surface area contributed by atoms with Gasteiger partial charge in [0.2, 0.25) is 0 Å². The molecule has 0 heterocycles. The van der Waals surface area contributed by atoms with Crippen LogP contribution in [0.5, 0.6) is 0 Å². The molecule has 0 spiro atoms. The molecule has 2 rings (SSSR count). The Balaban J connectivity index is 2.21. The summed E-state index contributed by atoms with van der Waals surface area (Å²) >= 11 is 0. The maximum atomic E-state index is 13.8. The lowest BCUT2D eigenvalue weighted by molar-refractivity contribution is 0.464. The second-order valence-corrected chi connectivity index (χ2v) is 5.46. The lowest BCUT2D eigenvalue weighted by atomic mass is 9.96. The van der Waals surface area contributed by atoms with E-state index in [0.29, 0.717) is 12.3 Å². The Kier molecular flexibility index (Phi) is 5.04. The van der Waals surface area contributed by atoms with Crippen molar-refractivity contribution >= 4 is 0 Å². The summed E-state index contributed by atoms with van der Waals surface area (Å²) in [4.78, 5) is 0. The molecule has 2 aromatic carbocycles. The molecule has 112 valence electrons. The number of hydrogen-bond acceptors (Lipinski definition) is 2. The molecule has 0 amide bonds. The van der Waals surface area contributed by atoms with Crippen LogP contribution in [0.2, 0.25) is 0 Å². The molecule has 1 unspecified atom stereocenters. The molecule has 1 atom stereocenters. The van der Waals surface area contributed by atoms with Crippen LogP contribution in [0, 0.1) is 11.6 Å². The van der Waals surface area contributed by atoms with E-state index >= 15 is 0 Å². The van der Waals surface area contributed by atoms with Gasteiger partial charge in [0.25, 0.3) is 0 Å². The van der Waals surface area contributed by atoms with Gasteiger partial charge in [-0.3, -0.25) is 11.3 Å². The van der Waals surface area contributed by atoms with E-state index < -0.39 is 17.7 Å². The lowest BCUT2D eigenvalue weighted by Crippen LogP contribution is -2.30. The topological polar surface area (TPSA) is 38.0 Å². The first kappa shape index (κ1) is 15.6. The highest BCUT2D eigenvalue weighted by Crippen LogP contribution is 2.23. The van der Waals surface area contributed by atoms with Crippen molar-refractivity contribution in [1.82, 2.24) is 5.43 Å². The monoisotopic (exact) mass is 290 g/mol. The zero-order valence-electron chi connectivity index (χ0n) is 12.2. The molecule has 4 heteroatoms. The van der Waals surface area contributed by atoms with Crippen LogP contribution in [0.4, 0.5) is 8.78 Å². The fourth-order valence-corrected chi connectivity index (χ4v) is 2.32. The highest BCUT2D eigenvalue weighted by atomic mass is 19.2. The number of benzene rings is 2. The summed E-state index contributed by atoms with van der Waals surface area (Å²) in [6.45, 7) is 4.25. The van der Waals surface area contributed by atoms with Crippen LogP contribution in [0.1, 0.15) is 42.5 Å². The molecule has 0 fully saturated rings. The summed E-state index contributed by atoms with van der Waals surface area (Å²) in [6, 6.07) is 11.8. The molecule has 2 aromatic rings. The standard InChI is InChI=1S/C17H20F2N2/c1-11(2)13-8-6-12(7-9-13)10-16(21-20)14-4-3-5-15(18)17(14)19/h3-9,11,16,21H,10,20H2,1-2H3. The predicted octanol–water partition coefficient (Wildman–Crippen LogP) is 3.84. The molecule has 0 aromatic heterocycles. The first-order chi connectivity index (χ1) is 10.0. The van der Waals surface area contributed by atoms with Gasteiger partial charge in [-0.1, -0.05) is 50.2 Å². The number of nitrogens with one attached hydrogen (secondary N) is 1. The number of halogens is 2. The Morgan fingerprint density at radius 3 is 2.29 bits per heavy atom. The molecule has 0 aliphatic heterocycles. The SMILES string of the molecule is CC(C)c1ccc(CC(NN)c2cccc(F)c2F)cc1. The van der Waals surface area contributed by atoms with E-state index in [1.54, 1.807) is 6.07 Å². The maximum Gasteiger partial charge on any atom is 0.163 e. The van der Waals surface area contributed by atoms with Crippen molar-refractivity contribution < 1.29 is 8.78 Å². The molecule has 0 saturated carbocycles. The van der Waals surface area contributed by atoms with Gasteiger partial charge in [-0.15, -0.1) is 0 Å². The molecule has 0 radical (unpaired) electrons. The van der Waals surface area contributed by atoms with Crippen molar-refractivity contribution in [3.63, 3.8) is 0 Å². The summed E-state index contributed by atoms with van der Waals surface area (Å²) < 4.78 is 27.2. The predicted molar refractivity (Wildman–Crippen MR) is 80.7 cm³/mol. The highest BCUT2D eigenvalue weighted by Gasteiger charge is 2.17. The first-order valence-corrected chi connectivity index (χ1v) is 7.01. The summed E-state index contributed by atoms with van der Waals surface area (Å²) in [5.74, 6) is 4.27. The van der Waals surface area contributed by atoms with Crippen molar-refractivity contribution in [2.45, 2.75) is 32.2 Å². The minimum absolute atomic E-state index is 0.241. The average Bonchev–Trinajstić information content (AvgIpc) is 2.48. The van der Waals surface area contributed by atoms with Crippen molar-refractivity contribution in [3.8, 4) is 0 Å². The van der Waals surface area contributed by atoms with Crippen LogP contribution in [0.3, 0.4) is 0 Å². The number of hydrogen-bond donors (Lipinski definition) is 2. The van der Waals surface area contributed by atoms with Gasteiger partial charge in [-0.25, -0.2) is 8.78 Å². The van der Waals surface area contributed by atoms with Gasteiger partial charge >= 0.3 is 0 Å². The van der Waals surface area contributed by atoms with Crippen LogP contribution >= 0.6 is 0 Å². The van der Waals surface area contributed by atoms with E-state index in [-0.39, 0.29) is 5.56 Å². The van der Waals surface area contributed by atoms with E-state index in [2.05, 4.69) is 31.4 Å². The van der Waals surface area contributed by atoms with Crippen LogP contribution in [-0.2, 0) is 6.42 Å². The van der Waals surface area contributed by atoms with Crippen LogP contribution in [-0.4, -0.2) is 0 Å². The van der Waals surface area contributed by atoms with E-state index in [9.17, 15) is 8.78 Å². The van der Waals surface area contributed by atoms with Gasteiger partial charge < -0.3 is 0 Å². The Bertz CT molecular complexity index is 594. The maximum absolute atomic E-state index is 13.8. The van der Waals surface area contributed by atoms with Gasteiger partial charge in [-0.2, -0.15) is 0 Å². The van der Waals surface area contributed by atoms with Gasteiger partial charge in [0.15, 0.2) is 11.6 Å². The van der Waals surface area contributed by atoms with E-state index in [1.165, 1.54) is 11.6 Å². The molecule has 0 saturated heterocycles. The van der Waals surface area contributed by atoms with Crippen LogP contribution in [0.25, 0.3) is 0 Å². The zero-order chi connectivity index (χ0) is 15.4. The van der Waals surface area contributed by atoms with E-state index in [1.807, 2.05) is 12.1 Å². The average molecular weight is 290 g/mol. The van der Waals surface area contributed by atoms with Crippen molar-refractivity contribution in [2.75, 3.05) is 0 Å². The molecule has 0 aliphatic carbocycles. The second-order valence-electron chi connectivity index (χ2n) is 5.46. The summed E-state index contributed by atoms with van der Waals surface area (Å²) in [6.07, 6.45) is 0.495. The zero-order valence-corrected chi connectivity index (χ0v) is 12.2. The number of rotatable bonds is 5. The van der Waals surface area contributed by atoms with E-state index in [0.717, 1.165) is 11.6 Å². The summed E-state index contributed by atoms with van der Waals surface area (Å²) in [7, 11) is 0. The minimum atomic E-state index is -0.858. The molecule has 21 heavy (non-hydrogen) atoms. The first-order valence-electron chi connectivity index (χ1n) is 7.01. The van der Waals surface area contributed by atoms with Gasteiger partial charge in [0.1, 0.15) is 0 Å². The smallest absolute Gasteiger partial charge is 0.163 e. The van der Waals surface area contributed by atoms with E-state index in [4.69, 9.17) is 5.84 Å². The normalized spacial score (nSPS) is 12.7. The largest absolute Gasteiger partial charge is 0.271 e. The second kappa shape index (κ2) is 6.78. The molecule has 2 nitrogen and oxygen atoms in total. The molecule has 0 bridgehead atoms. The third kappa shape index (κ3) is 3.65. The molecular weight excluding hydrogens is 270 g/mol. The Labute approximate surface area is 124 Å². The highest BCUT2D eigenvalue weighted by molar-refractivity contribution is 5.28. The third-order valence-electron chi connectivity index (χ3n) is 3.64. The number of nitrogens with two attached hydrogens (primary N) is 1. The Hall–Kier alpha value is -1.78. The molecule has 0 aliphatic rings. The molecule has 3 N–H and O–H groups in total. The molecular formula is C17H20F2N2.